The van der Waals surface area contributed by atoms with Crippen LogP contribution < -0.4 is 10.6 Å². The quantitative estimate of drug-likeness (QED) is 0.438. The monoisotopic (exact) mass is 463 g/mol. The summed E-state index contributed by atoms with van der Waals surface area (Å²) >= 11 is 0. The molecule has 176 valence electrons. The SMILES string of the molecule is CN(C)[C@@H]1CCN(c2ccc3c(c2)Cn2cc(-c4ccc(C#N)cc4)cc2-c2ncc(CN)n2-3)C1. The molecule has 0 radical (unpaired) electrons. The van der Waals surface area contributed by atoms with Crippen molar-refractivity contribution in [1.82, 2.24) is 19.0 Å². The lowest BCUT2D eigenvalue weighted by atomic mass is 10.1. The third kappa shape index (κ3) is 3.63. The molecule has 0 amide bonds. The summed E-state index contributed by atoms with van der Waals surface area (Å²) in [7, 11) is 4.33. The Morgan fingerprint density at radius 2 is 1.94 bits per heavy atom. The van der Waals surface area contributed by atoms with Crippen molar-refractivity contribution in [3.05, 3.63) is 77.7 Å². The molecule has 0 bridgehead atoms. The third-order valence-electron chi connectivity index (χ3n) is 7.42. The molecule has 2 aliphatic rings. The first-order chi connectivity index (χ1) is 17.1. The lowest BCUT2D eigenvalue weighted by molar-refractivity contribution is 0.315. The van der Waals surface area contributed by atoms with Crippen LogP contribution in [-0.2, 0) is 13.1 Å². The van der Waals surface area contributed by atoms with Gasteiger partial charge in [-0.1, -0.05) is 12.1 Å². The highest BCUT2D eigenvalue weighted by atomic mass is 15.2. The van der Waals surface area contributed by atoms with Crippen LogP contribution in [0.3, 0.4) is 0 Å². The van der Waals surface area contributed by atoms with Gasteiger partial charge in [0.1, 0.15) is 0 Å². The Kier molecular flexibility index (Phi) is 5.21. The molecule has 0 spiro atoms. The molecule has 7 heteroatoms. The molecule has 6 rings (SSSR count). The number of hydrogen-bond acceptors (Lipinski definition) is 5. The van der Waals surface area contributed by atoms with E-state index in [9.17, 15) is 0 Å². The fourth-order valence-corrected chi connectivity index (χ4v) is 5.40. The van der Waals surface area contributed by atoms with Crippen molar-refractivity contribution < 1.29 is 0 Å². The van der Waals surface area contributed by atoms with Crippen molar-refractivity contribution in [1.29, 1.82) is 5.26 Å². The molecule has 2 aromatic heterocycles. The van der Waals surface area contributed by atoms with E-state index in [1.807, 2.05) is 30.5 Å². The summed E-state index contributed by atoms with van der Waals surface area (Å²) in [4.78, 5) is 9.61. The largest absolute Gasteiger partial charge is 0.370 e. The van der Waals surface area contributed by atoms with Crippen molar-refractivity contribution in [2.45, 2.75) is 25.6 Å². The van der Waals surface area contributed by atoms with Crippen LogP contribution in [0.25, 0.3) is 28.3 Å². The van der Waals surface area contributed by atoms with Crippen molar-refractivity contribution >= 4 is 5.69 Å². The molecule has 4 heterocycles. The average molecular weight is 464 g/mol. The van der Waals surface area contributed by atoms with Gasteiger partial charge in [-0.05, 0) is 68.0 Å². The van der Waals surface area contributed by atoms with Crippen molar-refractivity contribution in [2.75, 3.05) is 32.1 Å². The molecule has 0 aliphatic carbocycles. The molecule has 1 fully saturated rings. The van der Waals surface area contributed by atoms with E-state index < -0.39 is 0 Å². The van der Waals surface area contributed by atoms with Crippen LogP contribution in [-0.4, -0.2) is 52.2 Å². The number of nitrogens with zero attached hydrogens (tertiary/aromatic N) is 6. The second-order valence-corrected chi connectivity index (χ2v) is 9.71. The van der Waals surface area contributed by atoms with E-state index in [1.54, 1.807) is 0 Å². The fourth-order valence-electron chi connectivity index (χ4n) is 5.40. The fraction of sp³-hybridized carbons (Fsp3) is 0.286. The number of nitrogens with two attached hydrogens (primary N) is 1. The highest BCUT2D eigenvalue weighted by Crippen LogP contribution is 2.37. The van der Waals surface area contributed by atoms with Gasteiger partial charge in [0, 0.05) is 49.7 Å². The minimum absolute atomic E-state index is 0.425. The predicted octanol–water partition coefficient (Wildman–Crippen LogP) is 3.84. The topological polar surface area (TPSA) is 79.0 Å². The van der Waals surface area contributed by atoms with E-state index in [0.717, 1.165) is 53.7 Å². The van der Waals surface area contributed by atoms with Gasteiger partial charge in [-0.15, -0.1) is 0 Å². The van der Waals surface area contributed by atoms with Gasteiger partial charge in [-0.25, -0.2) is 4.98 Å². The lowest BCUT2D eigenvalue weighted by Crippen LogP contribution is -2.31. The minimum Gasteiger partial charge on any atom is -0.370 e. The van der Waals surface area contributed by atoms with Crippen molar-refractivity contribution in [3.8, 4) is 34.4 Å². The number of hydrogen-bond donors (Lipinski definition) is 1. The Labute approximate surface area is 205 Å². The lowest BCUT2D eigenvalue weighted by Gasteiger charge is -2.23. The minimum atomic E-state index is 0.425. The Balaban J connectivity index is 1.44. The number of benzene rings is 2. The molecule has 1 saturated heterocycles. The molecule has 4 aromatic rings. The maximum atomic E-state index is 9.15. The summed E-state index contributed by atoms with van der Waals surface area (Å²) in [5, 5.41) is 9.15. The van der Waals surface area contributed by atoms with Crippen LogP contribution >= 0.6 is 0 Å². The van der Waals surface area contributed by atoms with Gasteiger partial charge < -0.3 is 20.1 Å². The molecule has 0 unspecified atom stereocenters. The Bertz CT molecular complexity index is 1440. The maximum absolute atomic E-state index is 9.15. The molecule has 0 saturated carbocycles. The summed E-state index contributed by atoms with van der Waals surface area (Å²) in [6.45, 7) is 3.30. The zero-order valence-electron chi connectivity index (χ0n) is 20.1. The molecule has 7 nitrogen and oxygen atoms in total. The van der Waals surface area contributed by atoms with Crippen LogP contribution in [0.2, 0.25) is 0 Å². The van der Waals surface area contributed by atoms with E-state index in [-0.39, 0.29) is 0 Å². The number of fused-ring (bicyclic) bond motifs is 5. The van der Waals surface area contributed by atoms with Gasteiger partial charge in [0.25, 0.3) is 0 Å². The van der Waals surface area contributed by atoms with Gasteiger partial charge in [-0.2, -0.15) is 5.26 Å². The second kappa shape index (κ2) is 8.42. The van der Waals surface area contributed by atoms with Gasteiger partial charge in [0.05, 0.1) is 34.9 Å². The Hall–Kier alpha value is -3.86. The number of anilines is 1. The van der Waals surface area contributed by atoms with Crippen LogP contribution in [0.15, 0.2) is 60.9 Å². The number of likely N-dealkylation sites (N-methyl/N-ethyl adjacent to an activating group) is 1. The molecular formula is C28H29N7. The summed E-state index contributed by atoms with van der Waals surface area (Å²) in [5.74, 6) is 0.908. The first kappa shape index (κ1) is 21.7. The summed E-state index contributed by atoms with van der Waals surface area (Å²) < 4.78 is 4.50. The zero-order valence-corrected chi connectivity index (χ0v) is 20.1. The molecular weight excluding hydrogens is 434 g/mol. The summed E-state index contributed by atoms with van der Waals surface area (Å²) in [6, 6.07) is 19.5. The van der Waals surface area contributed by atoms with Crippen molar-refractivity contribution in [3.63, 3.8) is 0 Å². The Morgan fingerprint density at radius 1 is 1.11 bits per heavy atom. The van der Waals surface area contributed by atoms with Gasteiger partial charge in [-0.3, -0.25) is 4.57 Å². The second-order valence-electron chi connectivity index (χ2n) is 9.71. The summed E-state index contributed by atoms with van der Waals surface area (Å²) in [5.41, 5.74) is 14.7. The van der Waals surface area contributed by atoms with Gasteiger partial charge >= 0.3 is 0 Å². The first-order valence-corrected chi connectivity index (χ1v) is 12.1. The van der Waals surface area contributed by atoms with Crippen LogP contribution in [0.5, 0.6) is 0 Å². The van der Waals surface area contributed by atoms with E-state index in [1.165, 1.54) is 17.7 Å². The highest BCUT2D eigenvalue weighted by molar-refractivity contribution is 5.73. The summed E-state index contributed by atoms with van der Waals surface area (Å²) in [6.07, 6.45) is 5.26. The van der Waals surface area contributed by atoms with Gasteiger partial charge in [0.2, 0.25) is 0 Å². The van der Waals surface area contributed by atoms with E-state index >= 15 is 0 Å². The standard InChI is InChI=1S/C28H29N7/c1-32(2)24-9-10-33(18-24)23-7-8-26-22(11-23)17-34-16-21(20-5-3-19(13-29)4-6-20)12-27(34)28-31-15-25(14-30)35(26)28/h3-8,11-12,15-16,24H,9-10,14,17-18,30H2,1-2H3/t24-/m1/s1. The Morgan fingerprint density at radius 3 is 2.66 bits per heavy atom. The normalized spacial score (nSPS) is 16.5. The van der Waals surface area contributed by atoms with E-state index in [4.69, 9.17) is 16.0 Å². The van der Waals surface area contributed by atoms with Crippen LogP contribution in [0, 0.1) is 11.3 Å². The van der Waals surface area contributed by atoms with E-state index in [0.29, 0.717) is 18.2 Å². The number of rotatable bonds is 4. The third-order valence-corrected chi connectivity index (χ3v) is 7.42. The molecule has 2 aliphatic heterocycles. The molecule has 2 aromatic carbocycles. The maximum Gasteiger partial charge on any atom is 0.161 e. The smallest absolute Gasteiger partial charge is 0.161 e. The first-order valence-electron chi connectivity index (χ1n) is 12.1. The van der Waals surface area contributed by atoms with E-state index in [2.05, 4.69) is 69.6 Å². The number of aromatic nitrogens is 3. The predicted molar refractivity (Wildman–Crippen MR) is 138 cm³/mol. The molecule has 1 atom stereocenters. The van der Waals surface area contributed by atoms with Crippen LogP contribution in [0.1, 0.15) is 23.2 Å². The van der Waals surface area contributed by atoms with Crippen LogP contribution in [0.4, 0.5) is 5.69 Å². The van der Waals surface area contributed by atoms with Gasteiger partial charge in [0.15, 0.2) is 5.82 Å². The zero-order chi connectivity index (χ0) is 24.1. The molecule has 2 N–H and O–H groups in total. The highest BCUT2D eigenvalue weighted by Gasteiger charge is 2.27. The van der Waals surface area contributed by atoms with Crippen molar-refractivity contribution in [2.24, 2.45) is 5.73 Å². The average Bonchev–Trinajstić information content (AvgIpc) is 3.61. The number of imidazole rings is 1. The number of nitriles is 1. The molecule has 35 heavy (non-hydrogen) atoms.